The second-order valence-electron chi connectivity index (χ2n) is 4.66. The van der Waals surface area contributed by atoms with Gasteiger partial charge >= 0.3 is 10.1 Å². The highest BCUT2D eigenvalue weighted by atomic mass is 32.2. The molecule has 0 radical (unpaired) electrons. The van der Waals surface area contributed by atoms with Gasteiger partial charge in [-0.15, -0.1) is 0 Å². The molecule has 0 bridgehead atoms. The van der Waals surface area contributed by atoms with Crippen molar-refractivity contribution in [2.75, 3.05) is 0 Å². The Hall–Kier alpha value is -2.87. The van der Waals surface area contributed by atoms with Crippen molar-refractivity contribution in [3.8, 4) is 0 Å². The third-order valence-corrected chi connectivity index (χ3v) is 4.35. The Morgan fingerprint density at radius 1 is 1.09 bits per heavy atom. The van der Waals surface area contributed by atoms with E-state index in [4.69, 9.17) is 14.7 Å². The fourth-order valence-electron chi connectivity index (χ4n) is 2.03. The van der Waals surface area contributed by atoms with E-state index >= 15 is 0 Å². The summed E-state index contributed by atoms with van der Waals surface area (Å²) in [4.78, 5) is 16.2. The summed E-state index contributed by atoms with van der Waals surface area (Å²) in [7, 11) is -4.17. The van der Waals surface area contributed by atoms with Crippen LogP contribution in [0.1, 0.15) is 11.8 Å². The molecule has 2 heterocycles. The van der Waals surface area contributed by atoms with Gasteiger partial charge in [-0.1, -0.05) is 24.3 Å². The molecule has 0 amide bonds. The van der Waals surface area contributed by atoms with Gasteiger partial charge < -0.3 is 14.7 Å². The number of pyridine rings is 1. The highest BCUT2D eigenvalue weighted by Gasteiger charge is 2.40. The molecule has 1 unspecified atom stereocenters. The van der Waals surface area contributed by atoms with Crippen LogP contribution in [0.15, 0.2) is 71.3 Å². The molecule has 3 rings (SSSR count). The first-order valence-electron chi connectivity index (χ1n) is 6.60. The van der Waals surface area contributed by atoms with Gasteiger partial charge in [-0.05, 0) is 24.3 Å². The smallest absolute Gasteiger partial charge is 0.339 e. The monoisotopic (exact) mass is 332 g/mol. The number of aromatic nitrogens is 1. The lowest BCUT2D eigenvalue weighted by Gasteiger charge is -2.08. The van der Waals surface area contributed by atoms with Crippen LogP contribution in [0.25, 0.3) is 0 Å². The van der Waals surface area contributed by atoms with E-state index in [0.717, 1.165) is 0 Å². The Kier molecular flexibility index (Phi) is 3.75. The largest absolute Gasteiger partial charge is 0.458 e. The number of nitrogens with zero attached hydrogens (tertiary/aromatic N) is 1. The number of hydrogen-bond donors (Lipinski definition) is 1. The summed E-state index contributed by atoms with van der Waals surface area (Å²) in [6, 6.07) is 12.4. The molecule has 0 aliphatic carbocycles. The molecule has 1 aromatic carbocycles. The maximum Gasteiger partial charge on any atom is 0.339 e. The minimum atomic E-state index is -4.17. The van der Waals surface area contributed by atoms with E-state index in [-0.39, 0.29) is 10.8 Å². The Labute approximate surface area is 132 Å². The maximum atomic E-state index is 12.3. The van der Waals surface area contributed by atoms with Crippen molar-refractivity contribution in [2.45, 2.75) is 11.0 Å². The fourth-order valence-corrected chi connectivity index (χ4v) is 3.00. The maximum absolute atomic E-state index is 12.3. The van der Waals surface area contributed by atoms with Crippen molar-refractivity contribution in [1.82, 2.24) is 4.98 Å². The quantitative estimate of drug-likeness (QED) is 0.839. The number of Topliss-reactive ketones (excluding diaryl/α,β-unsaturated/α-hetero) is 1. The van der Waals surface area contributed by atoms with Gasteiger partial charge in [0.15, 0.2) is 0 Å². The lowest BCUT2D eigenvalue weighted by Crippen LogP contribution is -2.15. The van der Waals surface area contributed by atoms with Crippen molar-refractivity contribution >= 4 is 15.9 Å². The molecule has 2 N–H and O–H groups in total. The summed E-state index contributed by atoms with van der Waals surface area (Å²) in [5.74, 6) is -1.62. The summed E-state index contributed by atoms with van der Waals surface area (Å²) >= 11 is 0. The first-order valence-corrected chi connectivity index (χ1v) is 8.01. The van der Waals surface area contributed by atoms with Crippen molar-refractivity contribution in [1.29, 1.82) is 0 Å². The second-order valence-corrected chi connectivity index (χ2v) is 6.21. The second kappa shape index (κ2) is 5.73. The Morgan fingerprint density at radius 2 is 1.78 bits per heavy atom. The third kappa shape index (κ3) is 2.88. The Bertz CT molecular complexity index is 863. The number of carbonyl (C=O) groups excluding carboxylic acids is 1. The van der Waals surface area contributed by atoms with Crippen LogP contribution in [-0.4, -0.2) is 19.2 Å². The molecule has 1 aliphatic heterocycles. The van der Waals surface area contributed by atoms with E-state index in [1.165, 1.54) is 30.5 Å². The molecule has 0 spiro atoms. The normalized spacial score (nSPS) is 17.9. The molecule has 118 valence electrons. The summed E-state index contributed by atoms with van der Waals surface area (Å²) in [5.41, 5.74) is 5.92. The fraction of sp³-hybridized carbons (Fsp3) is 0.0667. The van der Waals surface area contributed by atoms with Gasteiger partial charge in [0, 0.05) is 6.20 Å². The van der Waals surface area contributed by atoms with Crippen molar-refractivity contribution in [2.24, 2.45) is 5.73 Å². The highest BCUT2D eigenvalue weighted by Crippen LogP contribution is 2.32. The molecule has 1 atom stereocenters. The van der Waals surface area contributed by atoms with E-state index in [2.05, 4.69) is 4.98 Å². The van der Waals surface area contributed by atoms with E-state index in [1.807, 2.05) is 0 Å². The minimum Gasteiger partial charge on any atom is -0.458 e. The molecule has 8 heteroatoms. The molecule has 0 saturated carbocycles. The van der Waals surface area contributed by atoms with Crippen LogP contribution in [0.2, 0.25) is 0 Å². The predicted molar refractivity (Wildman–Crippen MR) is 79.0 cm³/mol. The van der Waals surface area contributed by atoms with E-state index in [0.29, 0.717) is 5.69 Å². The molecule has 23 heavy (non-hydrogen) atoms. The molecule has 1 aromatic heterocycles. The first-order chi connectivity index (χ1) is 11.0. The molecular formula is C15H12N2O5S. The zero-order chi connectivity index (χ0) is 16.4. The average molecular weight is 332 g/mol. The molecule has 0 saturated heterocycles. The summed E-state index contributed by atoms with van der Waals surface area (Å²) in [6.45, 7) is 0. The Balaban J connectivity index is 1.87. The average Bonchev–Trinajstić information content (AvgIpc) is 2.84. The van der Waals surface area contributed by atoms with Crippen LogP contribution < -0.4 is 5.73 Å². The highest BCUT2D eigenvalue weighted by molar-refractivity contribution is 7.86. The molecular weight excluding hydrogens is 320 g/mol. The number of carbonyl (C=O) groups is 1. The van der Waals surface area contributed by atoms with Gasteiger partial charge in [0.2, 0.25) is 17.7 Å². The van der Waals surface area contributed by atoms with Gasteiger partial charge in [-0.25, -0.2) is 0 Å². The van der Waals surface area contributed by atoms with Gasteiger partial charge in [0.1, 0.15) is 4.90 Å². The molecule has 2 aromatic rings. The lowest BCUT2D eigenvalue weighted by molar-refractivity contribution is -0.123. The van der Waals surface area contributed by atoms with Crippen LogP contribution in [0, 0.1) is 0 Å². The predicted octanol–water partition coefficient (Wildman–Crippen LogP) is 1.26. The SMILES string of the molecule is NC1=C(OS(=O)(=O)c2ccccc2)C(=O)C(c2ccccn2)O1. The van der Waals surface area contributed by atoms with Crippen molar-refractivity contribution in [3.63, 3.8) is 0 Å². The van der Waals surface area contributed by atoms with Crippen LogP contribution in [-0.2, 0) is 23.8 Å². The number of benzene rings is 1. The summed E-state index contributed by atoms with van der Waals surface area (Å²) < 4.78 is 34.5. The van der Waals surface area contributed by atoms with E-state index in [1.54, 1.807) is 24.3 Å². The van der Waals surface area contributed by atoms with Gasteiger partial charge in [-0.2, -0.15) is 8.42 Å². The van der Waals surface area contributed by atoms with Crippen LogP contribution in [0.5, 0.6) is 0 Å². The van der Waals surface area contributed by atoms with Crippen LogP contribution in [0.3, 0.4) is 0 Å². The Morgan fingerprint density at radius 3 is 2.43 bits per heavy atom. The van der Waals surface area contributed by atoms with E-state index in [9.17, 15) is 13.2 Å². The van der Waals surface area contributed by atoms with E-state index < -0.39 is 27.8 Å². The number of hydrogen-bond acceptors (Lipinski definition) is 7. The number of rotatable bonds is 4. The lowest BCUT2D eigenvalue weighted by atomic mass is 10.1. The number of nitrogens with two attached hydrogens (primary N) is 1. The topological polar surface area (TPSA) is 109 Å². The summed E-state index contributed by atoms with van der Waals surface area (Å²) in [5, 5.41) is 0. The first kappa shape index (κ1) is 15.0. The molecule has 7 nitrogen and oxygen atoms in total. The number of ether oxygens (including phenoxy) is 1. The van der Waals surface area contributed by atoms with Crippen LogP contribution in [0.4, 0.5) is 0 Å². The number of ketones is 1. The van der Waals surface area contributed by atoms with Crippen molar-refractivity contribution in [3.05, 3.63) is 72.1 Å². The van der Waals surface area contributed by atoms with Gasteiger partial charge in [0.25, 0.3) is 5.78 Å². The van der Waals surface area contributed by atoms with Gasteiger partial charge in [0.05, 0.1) is 5.69 Å². The van der Waals surface area contributed by atoms with Crippen LogP contribution >= 0.6 is 0 Å². The molecule has 1 aliphatic rings. The standard InChI is InChI=1S/C15H12N2O5S/c16-15-14(22-23(19,20)10-6-2-1-3-7-10)12(18)13(21-15)11-8-4-5-9-17-11/h1-9,13H,16H2. The third-order valence-electron chi connectivity index (χ3n) is 3.11. The van der Waals surface area contributed by atoms with Crippen molar-refractivity contribution < 1.29 is 22.1 Å². The van der Waals surface area contributed by atoms with Gasteiger partial charge in [-0.3, -0.25) is 9.78 Å². The summed E-state index contributed by atoms with van der Waals surface area (Å²) in [6.07, 6.45) is 0.374. The zero-order valence-electron chi connectivity index (χ0n) is 11.7. The zero-order valence-corrected chi connectivity index (χ0v) is 12.6. The minimum absolute atomic E-state index is 0.0885. The molecule has 0 fully saturated rings.